The van der Waals surface area contributed by atoms with Crippen LogP contribution in [0, 0.1) is 11.8 Å². The van der Waals surface area contributed by atoms with E-state index < -0.39 is 0 Å². The maximum absolute atomic E-state index is 15.1. The van der Waals surface area contributed by atoms with Crippen molar-refractivity contribution in [1.82, 2.24) is 0 Å². The third-order valence-electron chi connectivity index (χ3n) is 16.4. The molecule has 5 rings (SSSR count). The zero-order valence-electron chi connectivity index (χ0n) is 47.0. The molecule has 2 atom stereocenters. The Balaban J connectivity index is 1.37. The highest BCUT2D eigenvalue weighted by atomic mass is 32.1. The van der Waals surface area contributed by atoms with Gasteiger partial charge in [-0.25, -0.2) is 0 Å². The minimum atomic E-state index is 0.157. The smallest absolute Gasteiger partial charge is 0.260 e. The van der Waals surface area contributed by atoms with Gasteiger partial charge in [0.05, 0.1) is 22.5 Å². The number of benzene rings is 1. The number of rotatable bonds is 46. The van der Waals surface area contributed by atoms with Crippen molar-refractivity contribution in [1.29, 1.82) is 0 Å². The lowest BCUT2D eigenvalue weighted by molar-refractivity contribution is -0.114. The number of fused-ring (bicyclic) bond motifs is 2. The molecule has 2 amide bonds. The molecule has 6 heteroatoms. The zero-order valence-corrected chi connectivity index (χ0v) is 48.6. The number of carbonyl (C=O) groups excluding carboxylic acids is 2. The number of thiophene rings is 2. The molecular weight excluding hydrogens is 917 g/mol. The Labute approximate surface area is 450 Å². The Kier molecular flexibility index (Phi) is 31.0. The monoisotopic (exact) mass is 1020 g/mol. The fourth-order valence-corrected chi connectivity index (χ4v) is 13.5. The SMILES string of the molecule is CCCCCCCCCCCCC(CCCCCCCCCC)CN1C(=O)C(c2cccs2)=c2cc3c(cc21)=C(c1cccs1)C(=O)N3CC(CCCCCCCCCC)CCCCCCCCCCCC. The summed E-state index contributed by atoms with van der Waals surface area (Å²) in [6.07, 6.45) is 52.9. The van der Waals surface area contributed by atoms with Gasteiger partial charge in [0.1, 0.15) is 0 Å². The largest absolute Gasteiger partial charge is 0.307 e. The molecule has 0 saturated carbocycles. The van der Waals surface area contributed by atoms with Crippen molar-refractivity contribution < 1.29 is 9.59 Å². The van der Waals surface area contributed by atoms with Gasteiger partial charge < -0.3 is 9.80 Å². The normalized spacial score (nSPS) is 14.3. The number of hydrogen-bond donors (Lipinski definition) is 0. The van der Waals surface area contributed by atoms with Gasteiger partial charge >= 0.3 is 0 Å². The lowest BCUT2D eigenvalue weighted by Crippen LogP contribution is -2.35. The summed E-state index contributed by atoms with van der Waals surface area (Å²) in [5, 5.41) is 6.29. The van der Waals surface area contributed by atoms with Crippen molar-refractivity contribution in [2.45, 2.75) is 285 Å². The van der Waals surface area contributed by atoms with Gasteiger partial charge in [-0.2, -0.15) is 0 Å². The van der Waals surface area contributed by atoms with E-state index in [-0.39, 0.29) is 11.8 Å². The minimum Gasteiger partial charge on any atom is -0.307 e. The first kappa shape index (κ1) is 60.2. The molecule has 4 heterocycles. The van der Waals surface area contributed by atoms with Gasteiger partial charge in [0.25, 0.3) is 11.8 Å². The summed E-state index contributed by atoms with van der Waals surface area (Å²) >= 11 is 3.35. The number of amides is 2. The first-order chi connectivity index (χ1) is 35.5. The van der Waals surface area contributed by atoms with Crippen LogP contribution in [0.25, 0.3) is 11.1 Å². The summed E-state index contributed by atoms with van der Waals surface area (Å²) in [7, 11) is 0. The molecule has 0 bridgehead atoms. The average molecular weight is 1020 g/mol. The molecule has 404 valence electrons. The van der Waals surface area contributed by atoms with E-state index in [9.17, 15) is 0 Å². The molecule has 4 nitrogen and oxygen atoms in total. The fraction of sp³-hybridized carbons (Fsp3) is 0.727. The van der Waals surface area contributed by atoms with E-state index in [0.29, 0.717) is 11.8 Å². The first-order valence-electron chi connectivity index (χ1n) is 31.2. The second-order valence-corrected chi connectivity index (χ2v) is 24.5. The Hall–Kier alpha value is -2.70. The molecule has 0 spiro atoms. The molecule has 0 N–H and O–H groups in total. The van der Waals surface area contributed by atoms with Gasteiger partial charge in [-0.15, -0.1) is 22.7 Å². The van der Waals surface area contributed by atoms with Crippen molar-refractivity contribution in [2.75, 3.05) is 22.9 Å². The van der Waals surface area contributed by atoms with Crippen LogP contribution < -0.4 is 20.2 Å². The summed E-state index contributed by atoms with van der Waals surface area (Å²) in [5.74, 6) is 1.25. The molecule has 3 aromatic rings. The minimum absolute atomic E-state index is 0.157. The van der Waals surface area contributed by atoms with Crippen molar-refractivity contribution in [3.63, 3.8) is 0 Å². The maximum Gasteiger partial charge on any atom is 0.260 e. The maximum atomic E-state index is 15.1. The first-order valence-corrected chi connectivity index (χ1v) is 32.9. The van der Waals surface area contributed by atoms with Crippen LogP contribution in [-0.2, 0) is 9.59 Å². The molecule has 2 aromatic heterocycles. The predicted molar refractivity (Wildman–Crippen MR) is 318 cm³/mol. The molecule has 0 aliphatic carbocycles. The molecule has 2 aliphatic rings. The van der Waals surface area contributed by atoms with E-state index in [1.807, 2.05) is 0 Å². The van der Waals surface area contributed by atoms with E-state index in [4.69, 9.17) is 0 Å². The summed E-state index contributed by atoms with van der Waals surface area (Å²) in [6, 6.07) is 13.0. The molecule has 2 aliphatic heterocycles. The third kappa shape index (κ3) is 20.8. The van der Waals surface area contributed by atoms with Crippen LogP contribution in [0.15, 0.2) is 47.2 Å². The van der Waals surface area contributed by atoms with Crippen molar-refractivity contribution in [2.24, 2.45) is 11.8 Å². The van der Waals surface area contributed by atoms with Gasteiger partial charge in [-0.05, 0) is 72.5 Å². The Morgan fingerprint density at radius 1 is 0.361 bits per heavy atom. The topological polar surface area (TPSA) is 40.6 Å². The molecule has 0 radical (unpaired) electrons. The number of nitrogens with zero attached hydrogens (tertiary/aromatic N) is 2. The van der Waals surface area contributed by atoms with Crippen LogP contribution in [0.3, 0.4) is 0 Å². The number of anilines is 2. The quantitative estimate of drug-likeness (QED) is 0.0529. The average Bonchev–Trinajstić information content (AvgIpc) is 4.21. The Morgan fingerprint density at radius 2 is 0.611 bits per heavy atom. The summed E-state index contributed by atoms with van der Waals surface area (Å²) in [5.41, 5.74) is 3.72. The van der Waals surface area contributed by atoms with Crippen LogP contribution in [-0.4, -0.2) is 24.9 Å². The van der Waals surface area contributed by atoms with Crippen LogP contribution in [0.2, 0.25) is 0 Å². The van der Waals surface area contributed by atoms with E-state index in [1.165, 1.54) is 257 Å². The predicted octanol–water partition coefficient (Wildman–Crippen LogP) is 19.8. The molecule has 1 aromatic carbocycles. The van der Waals surface area contributed by atoms with Gasteiger partial charge in [-0.3, -0.25) is 9.59 Å². The van der Waals surface area contributed by atoms with E-state index in [2.05, 4.69) is 84.7 Å². The summed E-state index contributed by atoms with van der Waals surface area (Å²) < 4.78 is 0. The second kappa shape index (κ2) is 37.1. The number of unbranched alkanes of at least 4 members (excludes halogenated alkanes) is 32. The third-order valence-corrected chi connectivity index (χ3v) is 18.2. The van der Waals surface area contributed by atoms with Crippen LogP contribution in [0.4, 0.5) is 11.4 Å². The van der Waals surface area contributed by atoms with Crippen molar-refractivity contribution in [3.05, 3.63) is 67.3 Å². The number of carbonyl (C=O) groups is 2. The highest BCUT2D eigenvalue weighted by Crippen LogP contribution is 2.36. The van der Waals surface area contributed by atoms with Crippen molar-refractivity contribution >= 4 is 57.0 Å². The van der Waals surface area contributed by atoms with Crippen LogP contribution >= 0.6 is 22.7 Å². The van der Waals surface area contributed by atoms with Gasteiger partial charge in [0.15, 0.2) is 0 Å². The Morgan fingerprint density at radius 3 is 0.847 bits per heavy atom. The fourth-order valence-electron chi connectivity index (χ4n) is 12.0. The highest BCUT2D eigenvalue weighted by molar-refractivity contribution is 7.11. The van der Waals surface area contributed by atoms with Crippen LogP contribution in [0.5, 0.6) is 0 Å². The summed E-state index contributed by atoms with van der Waals surface area (Å²) in [6.45, 7) is 10.7. The highest BCUT2D eigenvalue weighted by Gasteiger charge is 2.37. The molecule has 2 unspecified atom stereocenters. The van der Waals surface area contributed by atoms with Crippen LogP contribution in [0.1, 0.15) is 294 Å². The summed E-state index contributed by atoms with van der Waals surface area (Å²) in [4.78, 5) is 36.7. The lowest BCUT2D eigenvalue weighted by Gasteiger charge is -2.27. The zero-order chi connectivity index (χ0) is 50.9. The van der Waals surface area contributed by atoms with Gasteiger partial charge in [-0.1, -0.05) is 271 Å². The molecule has 72 heavy (non-hydrogen) atoms. The van der Waals surface area contributed by atoms with Gasteiger partial charge in [0.2, 0.25) is 0 Å². The van der Waals surface area contributed by atoms with Crippen molar-refractivity contribution in [3.8, 4) is 0 Å². The van der Waals surface area contributed by atoms with Gasteiger partial charge in [0, 0.05) is 33.3 Å². The molecular formula is C66H106N2O2S2. The standard InChI is InChI=1S/C66H106N2O2S2/c1-5-9-13-17-21-25-27-31-35-39-45-55(43-37-33-29-23-19-15-11-7-3)53-67-59-51-58-60(52-57(59)63(65(67)69)61-47-41-49-71-61)68(66(70)64(58)62-48-42-50-72-62)54-56(44-38-34-30-24-20-16-12-8-4)46-40-36-32-28-26-22-18-14-10-6-2/h41-42,47-52,55-56H,5-40,43-46,53-54H2,1-4H3. The lowest BCUT2D eigenvalue weighted by atomic mass is 9.93. The Bertz CT molecular complexity index is 1860. The van der Waals surface area contributed by atoms with E-state index in [1.54, 1.807) is 22.7 Å². The number of hydrogen-bond acceptors (Lipinski definition) is 4. The molecule has 0 fully saturated rings. The molecule has 0 saturated heterocycles. The van der Waals surface area contributed by atoms with E-state index in [0.717, 1.165) is 55.8 Å². The second-order valence-electron chi connectivity index (χ2n) is 22.6. The van der Waals surface area contributed by atoms with E-state index >= 15 is 9.59 Å².